The van der Waals surface area contributed by atoms with Gasteiger partial charge >= 0.3 is 5.69 Å². The molecule has 1 aromatic carbocycles. The highest BCUT2D eigenvalue weighted by Crippen LogP contribution is 2.12. The van der Waals surface area contributed by atoms with Gasteiger partial charge in [-0.1, -0.05) is 12.1 Å². The van der Waals surface area contributed by atoms with E-state index >= 15 is 0 Å². The predicted octanol–water partition coefficient (Wildman–Crippen LogP) is -0.477. The lowest BCUT2D eigenvalue weighted by atomic mass is 10.1. The molecule has 0 radical (unpaired) electrons. The van der Waals surface area contributed by atoms with E-state index in [2.05, 4.69) is 10.1 Å². The Balaban J connectivity index is 2.30. The second kappa shape index (κ2) is 6.16. The number of hydrogen-bond acceptors (Lipinski definition) is 5. The van der Waals surface area contributed by atoms with Gasteiger partial charge in [0.15, 0.2) is 0 Å². The van der Waals surface area contributed by atoms with E-state index in [1.54, 1.807) is 19.2 Å². The first kappa shape index (κ1) is 14.0. The van der Waals surface area contributed by atoms with Crippen molar-refractivity contribution in [3.8, 4) is 5.75 Å². The Labute approximate surface area is 114 Å². The summed E-state index contributed by atoms with van der Waals surface area (Å²) >= 11 is 0. The SMILES string of the molecule is COc1ccc(Cc2nn(CCO)c(=O)[nH]c2=O)cc1. The first-order chi connectivity index (χ1) is 9.63. The van der Waals surface area contributed by atoms with Crippen LogP contribution in [-0.4, -0.2) is 33.6 Å². The number of nitrogens with zero attached hydrogens (tertiary/aromatic N) is 2. The fraction of sp³-hybridized carbons (Fsp3) is 0.308. The monoisotopic (exact) mass is 277 g/mol. The Morgan fingerprint density at radius 2 is 2.00 bits per heavy atom. The zero-order chi connectivity index (χ0) is 14.5. The molecule has 0 aliphatic carbocycles. The summed E-state index contributed by atoms with van der Waals surface area (Å²) in [5.41, 5.74) is -0.0382. The average molecular weight is 277 g/mol. The number of rotatable bonds is 5. The smallest absolute Gasteiger partial charge is 0.344 e. The number of hydrogen-bond donors (Lipinski definition) is 2. The van der Waals surface area contributed by atoms with Crippen LogP contribution in [-0.2, 0) is 13.0 Å². The summed E-state index contributed by atoms with van der Waals surface area (Å²) in [7, 11) is 1.58. The molecule has 1 heterocycles. The Morgan fingerprint density at radius 1 is 1.30 bits per heavy atom. The molecule has 0 saturated heterocycles. The minimum absolute atomic E-state index is 0.0469. The van der Waals surface area contributed by atoms with Crippen LogP contribution in [0.5, 0.6) is 5.75 Å². The second-order valence-electron chi connectivity index (χ2n) is 4.18. The molecule has 0 aliphatic heterocycles. The van der Waals surface area contributed by atoms with Crippen LogP contribution in [0, 0.1) is 0 Å². The summed E-state index contributed by atoms with van der Waals surface area (Å²) in [4.78, 5) is 25.3. The van der Waals surface area contributed by atoms with Crippen LogP contribution in [0.4, 0.5) is 0 Å². The van der Waals surface area contributed by atoms with Gasteiger partial charge in [0.05, 0.1) is 20.3 Å². The molecule has 0 fully saturated rings. The Hall–Kier alpha value is -2.41. The second-order valence-corrected chi connectivity index (χ2v) is 4.18. The number of methoxy groups -OCH3 is 1. The molecule has 106 valence electrons. The van der Waals surface area contributed by atoms with Crippen molar-refractivity contribution in [2.45, 2.75) is 13.0 Å². The summed E-state index contributed by atoms with van der Waals surface area (Å²) < 4.78 is 6.10. The molecule has 2 N–H and O–H groups in total. The molecule has 0 bridgehead atoms. The highest BCUT2D eigenvalue weighted by atomic mass is 16.5. The van der Waals surface area contributed by atoms with Gasteiger partial charge in [0, 0.05) is 6.42 Å². The lowest BCUT2D eigenvalue weighted by Gasteiger charge is -2.05. The van der Waals surface area contributed by atoms with Gasteiger partial charge in [-0.2, -0.15) is 5.10 Å². The van der Waals surface area contributed by atoms with E-state index in [4.69, 9.17) is 9.84 Å². The number of H-pyrrole nitrogens is 1. The van der Waals surface area contributed by atoms with E-state index in [1.807, 2.05) is 12.1 Å². The highest BCUT2D eigenvalue weighted by molar-refractivity contribution is 5.29. The molecule has 0 saturated carbocycles. The lowest BCUT2D eigenvalue weighted by Crippen LogP contribution is -2.35. The molecular formula is C13H15N3O4. The highest BCUT2D eigenvalue weighted by Gasteiger charge is 2.07. The molecule has 0 atom stereocenters. The average Bonchev–Trinajstić information content (AvgIpc) is 2.45. The lowest BCUT2D eigenvalue weighted by molar-refractivity contribution is 0.264. The molecule has 0 aliphatic rings. The molecule has 0 spiro atoms. The van der Waals surface area contributed by atoms with Gasteiger partial charge in [-0.05, 0) is 17.7 Å². The maximum absolute atomic E-state index is 11.7. The van der Waals surface area contributed by atoms with E-state index in [9.17, 15) is 9.59 Å². The molecule has 2 aromatic rings. The number of nitrogens with one attached hydrogen (secondary N) is 1. The number of aromatic nitrogens is 3. The minimum atomic E-state index is -0.623. The predicted molar refractivity (Wildman–Crippen MR) is 72.0 cm³/mol. The van der Waals surface area contributed by atoms with Crippen molar-refractivity contribution in [1.29, 1.82) is 0 Å². The zero-order valence-electron chi connectivity index (χ0n) is 11.0. The number of aromatic amines is 1. The third kappa shape index (κ3) is 3.12. The summed E-state index contributed by atoms with van der Waals surface area (Å²) in [6.45, 7) is -0.174. The van der Waals surface area contributed by atoms with Crippen LogP contribution in [0.15, 0.2) is 33.9 Å². The summed E-state index contributed by atoms with van der Waals surface area (Å²) in [5, 5.41) is 12.8. The molecule has 0 amide bonds. The first-order valence-corrected chi connectivity index (χ1v) is 6.08. The molecular weight excluding hydrogens is 262 g/mol. The van der Waals surface area contributed by atoms with Crippen LogP contribution < -0.4 is 16.0 Å². The first-order valence-electron chi connectivity index (χ1n) is 6.08. The van der Waals surface area contributed by atoms with Crippen LogP contribution in [0.1, 0.15) is 11.3 Å². The molecule has 2 rings (SSSR count). The van der Waals surface area contributed by atoms with Gasteiger partial charge < -0.3 is 9.84 Å². The van der Waals surface area contributed by atoms with E-state index in [-0.39, 0.29) is 18.8 Å². The molecule has 7 nitrogen and oxygen atoms in total. The van der Waals surface area contributed by atoms with Gasteiger partial charge in [0.25, 0.3) is 5.56 Å². The zero-order valence-corrected chi connectivity index (χ0v) is 11.0. The maximum Gasteiger partial charge on any atom is 0.344 e. The maximum atomic E-state index is 11.7. The Kier molecular flexibility index (Phi) is 4.31. The fourth-order valence-corrected chi connectivity index (χ4v) is 1.77. The Morgan fingerprint density at radius 3 is 2.60 bits per heavy atom. The van der Waals surface area contributed by atoms with Crippen LogP contribution in [0.2, 0.25) is 0 Å². The van der Waals surface area contributed by atoms with Gasteiger partial charge in [-0.3, -0.25) is 9.78 Å². The summed E-state index contributed by atoms with van der Waals surface area (Å²) in [6.07, 6.45) is 0.297. The molecule has 1 aromatic heterocycles. The Bertz CT molecular complexity index is 688. The number of aliphatic hydroxyl groups excluding tert-OH is 1. The third-order valence-electron chi connectivity index (χ3n) is 2.80. The summed E-state index contributed by atoms with van der Waals surface area (Å²) in [5.74, 6) is 0.723. The van der Waals surface area contributed by atoms with E-state index in [0.717, 1.165) is 16.0 Å². The summed E-state index contributed by atoms with van der Waals surface area (Å²) in [6, 6.07) is 7.21. The van der Waals surface area contributed by atoms with Crippen molar-refractivity contribution in [2.75, 3.05) is 13.7 Å². The standard InChI is InChI=1S/C13H15N3O4/c1-20-10-4-2-9(3-5-10)8-11-12(18)14-13(19)16(15-11)6-7-17/h2-5,17H,6-8H2,1H3,(H,14,18,19). The van der Waals surface area contributed by atoms with Crippen molar-refractivity contribution in [3.05, 3.63) is 56.4 Å². The van der Waals surface area contributed by atoms with E-state index in [1.165, 1.54) is 0 Å². The number of ether oxygens (including phenoxy) is 1. The van der Waals surface area contributed by atoms with Crippen molar-refractivity contribution in [3.63, 3.8) is 0 Å². The van der Waals surface area contributed by atoms with Crippen LogP contribution in [0.3, 0.4) is 0 Å². The van der Waals surface area contributed by atoms with Crippen molar-refractivity contribution < 1.29 is 9.84 Å². The molecule has 0 unspecified atom stereocenters. The van der Waals surface area contributed by atoms with Crippen LogP contribution >= 0.6 is 0 Å². The van der Waals surface area contributed by atoms with Crippen LogP contribution in [0.25, 0.3) is 0 Å². The van der Waals surface area contributed by atoms with Gasteiger partial charge in [-0.25, -0.2) is 9.48 Å². The number of benzene rings is 1. The normalized spacial score (nSPS) is 10.5. The topological polar surface area (TPSA) is 97.2 Å². The fourth-order valence-electron chi connectivity index (χ4n) is 1.77. The third-order valence-corrected chi connectivity index (χ3v) is 2.80. The van der Waals surface area contributed by atoms with Gasteiger partial charge in [-0.15, -0.1) is 0 Å². The van der Waals surface area contributed by atoms with Crippen molar-refractivity contribution in [1.82, 2.24) is 14.8 Å². The largest absolute Gasteiger partial charge is 0.497 e. The quantitative estimate of drug-likeness (QED) is 0.769. The molecule has 20 heavy (non-hydrogen) atoms. The van der Waals surface area contributed by atoms with Gasteiger partial charge in [0.1, 0.15) is 11.4 Å². The van der Waals surface area contributed by atoms with Crippen molar-refractivity contribution in [2.24, 2.45) is 0 Å². The van der Waals surface area contributed by atoms with Gasteiger partial charge in [0.2, 0.25) is 0 Å². The minimum Gasteiger partial charge on any atom is -0.497 e. The van der Waals surface area contributed by atoms with E-state index < -0.39 is 11.2 Å². The van der Waals surface area contributed by atoms with Crippen molar-refractivity contribution >= 4 is 0 Å². The van der Waals surface area contributed by atoms with E-state index in [0.29, 0.717) is 6.42 Å². The molecule has 7 heteroatoms. The number of aliphatic hydroxyl groups is 1.